The predicted molar refractivity (Wildman–Crippen MR) is 114 cm³/mol. The van der Waals surface area contributed by atoms with E-state index in [1.165, 1.54) is 7.11 Å². The molecule has 0 unspecified atom stereocenters. The van der Waals surface area contributed by atoms with E-state index >= 15 is 0 Å². The van der Waals surface area contributed by atoms with Crippen molar-refractivity contribution in [3.05, 3.63) is 35.8 Å². The van der Waals surface area contributed by atoms with Crippen LogP contribution in [0.3, 0.4) is 0 Å². The number of nitrogens with one attached hydrogen (secondary N) is 1. The Morgan fingerprint density at radius 1 is 1.26 bits per heavy atom. The molecule has 31 heavy (non-hydrogen) atoms. The first kappa shape index (κ1) is 19.7. The van der Waals surface area contributed by atoms with E-state index in [1.54, 1.807) is 12.3 Å². The minimum atomic E-state index is -0.307. The number of hydrogen-bond donors (Lipinski definition) is 1. The van der Waals surface area contributed by atoms with Gasteiger partial charge in [-0.1, -0.05) is 6.07 Å². The molecule has 2 aliphatic rings. The molecule has 1 saturated heterocycles. The van der Waals surface area contributed by atoms with Crippen molar-refractivity contribution >= 4 is 11.7 Å². The lowest BCUT2D eigenvalue weighted by Crippen LogP contribution is -2.17. The molecule has 10 heteroatoms. The van der Waals surface area contributed by atoms with Crippen molar-refractivity contribution in [2.45, 2.75) is 38.3 Å². The number of methoxy groups -OCH3 is 1. The van der Waals surface area contributed by atoms with Gasteiger partial charge >= 0.3 is 0 Å². The van der Waals surface area contributed by atoms with Crippen LogP contribution in [0, 0.1) is 0 Å². The van der Waals surface area contributed by atoms with Crippen molar-refractivity contribution in [1.29, 1.82) is 0 Å². The molecule has 5 heterocycles. The number of nitrogens with zero attached hydrogens (tertiary/aromatic N) is 7. The Morgan fingerprint density at radius 2 is 2.13 bits per heavy atom. The van der Waals surface area contributed by atoms with Crippen molar-refractivity contribution < 1.29 is 9.53 Å². The summed E-state index contributed by atoms with van der Waals surface area (Å²) in [6, 6.07) is 6.07. The molecule has 0 spiro atoms. The molecule has 0 aromatic carbocycles. The number of fused-ring (bicyclic) bond motifs is 1. The first-order valence-electron chi connectivity index (χ1n) is 10.6. The fourth-order valence-electron chi connectivity index (χ4n) is 4.41. The van der Waals surface area contributed by atoms with Crippen molar-refractivity contribution in [2.75, 3.05) is 32.6 Å². The summed E-state index contributed by atoms with van der Waals surface area (Å²) in [5.74, 6) is 2.16. The van der Waals surface area contributed by atoms with Crippen molar-refractivity contribution in [3.8, 4) is 17.4 Å². The lowest BCUT2D eigenvalue weighted by Gasteiger charge is -2.10. The molecule has 0 radical (unpaired) electrons. The Kier molecular flexibility index (Phi) is 4.93. The second-order valence-electron chi connectivity index (χ2n) is 8.30. The molecule has 1 fully saturated rings. The van der Waals surface area contributed by atoms with Gasteiger partial charge in [0.1, 0.15) is 22.9 Å². The molecule has 10 nitrogen and oxygen atoms in total. The summed E-state index contributed by atoms with van der Waals surface area (Å²) >= 11 is 0. The Labute approximate surface area is 180 Å². The monoisotopic (exact) mass is 422 g/mol. The van der Waals surface area contributed by atoms with Crippen molar-refractivity contribution in [1.82, 2.24) is 34.4 Å². The van der Waals surface area contributed by atoms with Gasteiger partial charge in [-0.3, -0.25) is 9.48 Å². The van der Waals surface area contributed by atoms with Crippen LogP contribution in [-0.4, -0.2) is 67.6 Å². The Balaban J connectivity index is 1.38. The van der Waals surface area contributed by atoms with Gasteiger partial charge in [0.05, 0.1) is 13.2 Å². The van der Waals surface area contributed by atoms with Crippen LogP contribution < -0.4 is 10.1 Å². The highest BCUT2D eigenvalue weighted by atomic mass is 16.5. The minimum Gasteiger partial charge on any atom is -0.479 e. The number of ether oxygens (including phenoxy) is 1. The van der Waals surface area contributed by atoms with Crippen LogP contribution >= 0.6 is 0 Å². The number of pyridine rings is 1. The van der Waals surface area contributed by atoms with Crippen LogP contribution in [0.4, 0.5) is 5.82 Å². The van der Waals surface area contributed by atoms with E-state index in [-0.39, 0.29) is 11.9 Å². The van der Waals surface area contributed by atoms with E-state index in [2.05, 4.69) is 49.0 Å². The lowest BCUT2D eigenvalue weighted by molar-refractivity contribution is 0.102. The molecule has 162 valence electrons. The standard InChI is InChI=1S/C21H26N8O2/c1-13-7-8-18-24-25-19(29(13)18)16-5-4-6-17(22-16)23-20(30)15-12-28(26-21(15)31-3)14-9-10-27(2)11-14/h4-6,12-14H,7-11H2,1-3H3,(H,22,23,30)/t13-,14-/m0/s1. The molecule has 2 atom stereocenters. The number of aromatic nitrogens is 6. The Hall–Kier alpha value is -3.27. The van der Waals surface area contributed by atoms with Crippen LogP contribution in [0.15, 0.2) is 24.4 Å². The van der Waals surface area contributed by atoms with Gasteiger partial charge in [0, 0.05) is 25.2 Å². The van der Waals surface area contributed by atoms with Crippen LogP contribution in [0.1, 0.15) is 48.0 Å². The zero-order chi connectivity index (χ0) is 21.5. The quantitative estimate of drug-likeness (QED) is 0.672. The average Bonchev–Trinajstić information content (AvgIpc) is 3.53. The van der Waals surface area contributed by atoms with E-state index in [0.29, 0.717) is 29.0 Å². The zero-order valence-corrected chi connectivity index (χ0v) is 17.9. The van der Waals surface area contributed by atoms with Crippen molar-refractivity contribution in [2.24, 2.45) is 0 Å². The van der Waals surface area contributed by atoms with Crippen LogP contribution in [0.2, 0.25) is 0 Å². The maximum Gasteiger partial charge on any atom is 0.263 e. The smallest absolute Gasteiger partial charge is 0.263 e. The Bertz CT molecular complexity index is 1120. The second kappa shape index (κ2) is 7.77. The molecule has 3 aromatic heterocycles. The third kappa shape index (κ3) is 3.56. The molecule has 5 rings (SSSR count). The zero-order valence-electron chi connectivity index (χ0n) is 17.9. The molecule has 3 aromatic rings. The maximum atomic E-state index is 13.0. The Morgan fingerprint density at radius 3 is 2.90 bits per heavy atom. The van der Waals surface area contributed by atoms with Gasteiger partial charge in [-0.25, -0.2) is 4.98 Å². The van der Waals surface area contributed by atoms with E-state index in [0.717, 1.165) is 44.0 Å². The number of likely N-dealkylation sites (N-methyl/N-ethyl adjacent to an activating group) is 1. The molecular weight excluding hydrogens is 396 g/mol. The highest BCUT2D eigenvalue weighted by molar-refractivity contribution is 6.05. The van der Waals surface area contributed by atoms with Gasteiger partial charge in [0.15, 0.2) is 5.82 Å². The third-order valence-electron chi connectivity index (χ3n) is 6.09. The summed E-state index contributed by atoms with van der Waals surface area (Å²) in [6.07, 6.45) is 4.72. The number of rotatable bonds is 5. The van der Waals surface area contributed by atoms with Crippen LogP contribution in [0.25, 0.3) is 11.5 Å². The van der Waals surface area contributed by atoms with Crippen molar-refractivity contribution in [3.63, 3.8) is 0 Å². The van der Waals surface area contributed by atoms with Gasteiger partial charge in [-0.05, 0) is 45.5 Å². The molecule has 1 N–H and O–H groups in total. The summed E-state index contributed by atoms with van der Waals surface area (Å²) in [5.41, 5.74) is 1.07. The number of likely N-dealkylation sites (tertiary alicyclic amines) is 1. The predicted octanol–water partition coefficient (Wildman–Crippen LogP) is 2.18. The van der Waals surface area contributed by atoms with Crippen LogP contribution in [0.5, 0.6) is 5.88 Å². The van der Waals surface area contributed by atoms with E-state index in [1.807, 2.05) is 16.8 Å². The number of carbonyl (C=O) groups is 1. The highest BCUT2D eigenvalue weighted by Gasteiger charge is 2.27. The fourth-order valence-corrected chi connectivity index (χ4v) is 4.41. The molecule has 1 amide bonds. The third-order valence-corrected chi connectivity index (χ3v) is 6.09. The van der Waals surface area contributed by atoms with Gasteiger partial charge in [0.2, 0.25) is 5.88 Å². The van der Waals surface area contributed by atoms with E-state index in [9.17, 15) is 4.79 Å². The number of anilines is 1. The van der Waals surface area contributed by atoms with Gasteiger partial charge in [-0.2, -0.15) is 0 Å². The fraction of sp³-hybridized carbons (Fsp3) is 0.476. The van der Waals surface area contributed by atoms with E-state index in [4.69, 9.17) is 4.74 Å². The largest absolute Gasteiger partial charge is 0.479 e. The average molecular weight is 422 g/mol. The molecular formula is C21H26N8O2. The second-order valence-corrected chi connectivity index (χ2v) is 8.30. The normalized spacial score (nSPS) is 20.7. The molecule has 2 aliphatic heterocycles. The minimum absolute atomic E-state index is 0.235. The first-order valence-corrected chi connectivity index (χ1v) is 10.6. The van der Waals surface area contributed by atoms with E-state index < -0.39 is 0 Å². The summed E-state index contributed by atoms with van der Waals surface area (Å²) in [4.78, 5) is 19.9. The van der Waals surface area contributed by atoms with Gasteiger partial charge < -0.3 is 19.5 Å². The summed E-state index contributed by atoms with van der Waals surface area (Å²) < 4.78 is 9.33. The highest BCUT2D eigenvalue weighted by Crippen LogP contribution is 2.30. The number of hydrogen-bond acceptors (Lipinski definition) is 7. The topological polar surface area (TPSA) is 103 Å². The lowest BCUT2D eigenvalue weighted by atomic mass is 10.2. The SMILES string of the molecule is COc1nn([C@H]2CCN(C)C2)cc1C(=O)Nc1cccc(-c2nnc3n2[C@@H](C)CC3)n1. The summed E-state index contributed by atoms with van der Waals surface area (Å²) in [6.45, 7) is 4.06. The summed E-state index contributed by atoms with van der Waals surface area (Å²) in [7, 11) is 3.61. The van der Waals surface area contributed by atoms with Gasteiger partial charge in [-0.15, -0.1) is 15.3 Å². The number of carbonyl (C=O) groups excluding carboxylic acids is 1. The molecule has 0 bridgehead atoms. The maximum absolute atomic E-state index is 13.0. The molecule has 0 saturated carbocycles. The summed E-state index contributed by atoms with van der Waals surface area (Å²) in [5, 5.41) is 16.0. The first-order chi connectivity index (χ1) is 15.0. The molecule has 0 aliphatic carbocycles. The number of aryl methyl sites for hydroxylation is 1. The van der Waals surface area contributed by atoms with Crippen LogP contribution in [-0.2, 0) is 6.42 Å². The van der Waals surface area contributed by atoms with Gasteiger partial charge in [0.25, 0.3) is 5.91 Å². The number of amides is 1.